The average Bonchev–Trinajstić information content (AvgIpc) is 2.59. The van der Waals surface area contributed by atoms with Crippen molar-refractivity contribution in [3.63, 3.8) is 0 Å². The molecular formula is C23H30N2O2. The van der Waals surface area contributed by atoms with E-state index < -0.39 is 6.04 Å². The van der Waals surface area contributed by atoms with E-state index in [4.69, 9.17) is 0 Å². The van der Waals surface area contributed by atoms with Gasteiger partial charge >= 0.3 is 0 Å². The minimum atomic E-state index is -0.556. The summed E-state index contributed by atoms with van der Waals surface area (Å²) in [7, 11) is 0. The summed E-state index contributed by atoms with van der Waals surface area (Å²) in [5, 5.41) is 2.99. The molecule has 0 aromatic heterocycles. The highest BCUT2D eigenvalue weighted by Crippen LogP contribution is 2.16. The molecule has 2 aromatic rings. The molecule has 2 amide bonds. The molecule has 4 heteroatoms. The quantitative estimate of drug-likeness (QED) is 0.844. The van der Waals surface area contributed by atoms with E-state index in [1.807, 2.05) is 82.3 Å². The Morgan fingerprint density at radius 3 is 2.19 bits per heavy atom. The van der Waals surface area contributed by atoms with Crippen LogP contribution in [0.5, 0.6) is 0 Å². The first-order valence-corrected chi connectivity index (χ1v) is 9.37. The monoisotopic (exact) mass is 366 g/mol. The Kier molecular flexibility index (Phi) is 6.78. The number of amides is 2. The molecule has 2 aromatic carbocycles. The summed E-state index contributed by atoms with van der Waals surface area (Å²) in [4.78, 5) is 27.5. The fraction of sp³-hybridized carbons (Fsp3) is 0.391. The Balaban J connectivity index is 2.25. The van der Waals surface area contributed by atoms with E-state index in [1.165, 1.54) is 0 Å². The fourth-order valence-electron chi connectivity index (χ4n) is 2.90. The number of nitrogens with zero attached hydrogens (tertiary/aromatic N) is 1. The summed E-state index contributed by atoms with van der Waals surface area (Å²) >= 11 is 0. The van der Waals surface area contributed by atoms with Crippen LogP contribution in [0.4, 0.5) is 0 Å². The second-order valence-electron chi connectivity index (χ2n) is 8.03. The molecular weight excluding hydrogens is 336 g/mol. The third-order valence-corrected chi connectivity index (χ3v) is 4.47. The van der Waals surface area contributed by atoms with E-state index in [2.05, 4.69) is 5.32 Å². The van der Waals surface area contributed by atoms with Gasteiger partial charge in [0.2, 0.25) is 11.8 Å². The molecule has 1 N–H and O–H groups in total. The van der Waals surface area contributed by atoms with E-state index >= 15 is 0 Å². The minimum Gasteiger partial charge on any atom is -0.350 e. The number of rotatable bonds is 6. The van der Waals surface area contributed by atoms with E-state index in [1.54, 1.807) is 11.8 Å². The lowest BCUT2D eigenvalue weighted by Gasteiger charge is -2.32. The molecule has 0 heterocycles. The summed E-state index contributed by atoms with van der Waals surface area (Å²) in [6, 6.07) is 17.1. The highest BCUT2D eigenvalue weighted by molar-refractivity contribution is 5.88. The highest BCUT2D eigenvalue weighted by atomic mass is 16.2. The number of nitrogens with one attached hydrogen (secondary N) is 1. The van der Waals surface area contributed by atoms with Crippen LogP contribution in [-0.4, -0.2) is 28.3 Å². The van der Waals surface area contributed by atoms with Gasteiger partial charge in [0.05, 0.1) is 6.42 Å². The predicted molar refractivity (Wildman–Crippen MR) is 109 cm³/mol. The lowest BCUT2D eigenvalue weighted by atomic mass is 10.0. The molecule has 0 aliphatic heterocycles. The number of carbonyl (C=O) groups excluding carboxylic acids is 2. The van der Waals surface area contributed by atoms with Gasteiger partial charge in [0.25, 0.3) is 0 Å². The van der Waals surface area contributed by atoms with E-state index in [-0.39, 0.29) is 23.8 Å². The van der Waals surface area contributed by atoms with Crippen molar-refractivity contribution < 1.29 is 9.59 Å². The second kappa shape index (κ2) is 8.85. The van der Waals surface area contributed by atoms with Crippen molar-refractivity contribution in [1.29, 1.82) is 0 Å². The number of hydrogen-bond donors (Lipinski definition) is 1. The lowest BCUT2D eigenvalue weighted by molar-refractivity contribution is -0.140. The molecule has 0 saturated heterocycles. The van der Waals surface area contributed by atoms with Gasteiger partial charge in [-0.1, -0.05) is 54.6 Å². The number of aryl methyl sites for hydroxylation is 1. The van der Waals surface area contributed by atoms with Crippen molar-refractivity contribution in [1.82, 2.24) is 10.2 Å². The molecule has 144 valence electrons. The van der Waals surface area contributed by atoms with Gasteiger partial charge in [-0.15, -0.1) is 0 Å². The Morgan fingerprint density at radius 2 is 1.59 bits per heavy atom. The summed E-state index contributed by atoms with van der Waals surface area (Å²) < 4.78 is 0. The normalized spacial score (nSPS) is 12.3. The Labute approximate surface area is 162 Å². The summed E-state index contributed by atoms with van der Waals surface area (Å²) in [6.07, 6.45) is 0.278. The topological polar surface area (TPSA) is 49.4 Å². The first kappa shape index (κ1) is 20.7. The third-order valence-electron chi connectivity index (χ3n) is 4.47. The standard InChI is InChI=1S/C23H30N2O2/c1-17-11-9-10-14-20(17)16-25(18(2)22(27)24-23(3,4)5)21(26)15-19-12-7-6-8-13-19/h6-14,18H,15-16H2,1-5H3,(H,24,27)/t18-/m0/s1. The van der Waals surface area contributed by atoms with E-state index in [9.17, 15) is 9.59 Å². The molecule has 27 heavy (non-hydrogen) atoms. The van der Waals surface area contributed by atoms with Crippen LogP contribution in [0.1, 0.15) is 44.4 Å². The van der Waals surface area contributed by atoms with Crippen molar-refractivity contribution >= 4 is 11.8 Å². The lowest BCUT2D eigenvalue weighted by Crippen LogP contribution is -2.52. The first-order chi connectivity index (χ1) is 12.7. The molecule has 0 saturated carbocycles. The molecule has 1 atom stereocenters. The van der Waals surface area contributed by atoms with Gasteiger partial charge in [-0.2, -0.15) is 0 Å². The molecule has 0 aliphatic carbocycles. The second-order valence-corrected chi connectivity index (χ2v) is 8.03. The maximum atomic E-state index is 13.1. The van der Waals surface area contributed by atoms with Gasteiger partial charge in [-0.05, 0) is 51.3 Å². The molecule has 0 spiro atoms. The molecule has 0 aliphatic rings. The van der Waals surface area contributed by atoms with Crippen molar-refractivity contribution in [2.24, 2.45) is 0 Å². The molecule has 0 unspecified atom stereocenters. The van der Waals surface area contributed by atoms with Crippen molar-refractivity contribution in [2.75, 3.05) is 0 Å². The minimum absolute atomic E-state index is 0.0546. The number of benzene rings is 2. The molecule has 0 radical (unpaired) electrons. The van der Waals surface area contributed by atoms with Crippen LogP contribution in [0.3, 0.4) is 0 Å². The van der Waals surface area contributed by atoms with Gasteiger partial charge in [0, 0.05) is 12.1 Å². The zero-order valence-corrected chi connectivity index (χ0v) is 17.0. The number of hydrogen-bond acceptors (Lipinski definition) is 2. The van der Waals surface area contributed by atoms with Crippen LogP contribution in [0.2, 0.25) is 0 Å². The van der Waals surface area contributed by atoms with Crippen molar-refractivity contribution in [3.8, 4) is 0 Å². The van der Waals surface area contributed by atoms with Crippen LogP contribution < -0.4 is 5.32 Å². The molecule has 0 fully saturated rings. The highest BCUT2D eigenvalue weighted by Gasteiger charge is 2.28. The van der Waals surface area contributed by atoms with Crippen LogP contribution in [-0.2, 0) is 22.6 Å². The van der Waals surface area contributed by atoms with Gasteiger partial charge < -0.3 is 10.2 Å². The molecule has 2 rings (SSSR count). The maximum absolute atomic E-state index is 13.1. The average molecular weight is 367 g/mol. The zero-order chi connectivity index (χ0) is 20.0. The predicted octanol–water partition coefficient (Wildman–Crippen LogP) is 3.87. The number of carbonyl (C=O) groups is 2. The first-order valence-electron chi connectivity index (χ1n) is 9.37. The molecule has 4 nitrogen and oxygen atoms in total. The summed E-state index contributed by atoms with van der Waals surface area (Å²) in [6.45, 7) is 10.0. The van der Waals surface area contributed by atoms with Gasteiger partial charge in [-0.25, -0.2) is 0 Å². The van der Waals surface area contributed by atoms with Gasteiger partial charge in [0.15, 0.2) is 0 Å². The smallest absolute Gasteiger partial charge is 0.242 e. The van der Waals surface area contributed by atoms with Crippen LogP contribution in [0.15, 0.2) is 54.6 Å². The fourth-order valence-corrected chi connectivity index (χ4v) is 2.90. The van der Waals surface area contributed by atoms with E-state index in [0.29, 0.717) is 6.54 Å². The van der Waals surface area contributed by atoms with Crippen LogP contribution >= 0.6 is 0 Å². The Morgan fingerprint density at radius 1 is 1.00 bits per heavy atom. The largest absolute Gasteiger partial charge is 0.350 e. The van der Waals surface area contributed by atoms with Gasteiger partial charge in [-0.3, -0.25) is 9.59 Å². The zero-order valence-electron chi connectivity index (χ0n) is 17.0. The molecule has 0 bridgehead atoms. The van der Waals surface area contributed by atoms with Crippen LogP contribution in [0.25, 0.3) is 0 Å². The van der Waals surface area contributed by atoms with Crippen molar-refractivity contribution in [2.45, 2.75) is 59.2 Å². The SMILES string of the molecule is Cc1ccccc1CN(C(=O)Cc1ccccc1)[C@@H](C)C(=O)NC(C)(C)C. The summed E-state index contributed by atoms with van der Waals surface area (Å²) in [5.41, 5.74) is 2.76. The maximum Gasteiger partial charge on any atom is 0.242 e. The van der Waals surface area contributed by atoms with Crippen LogP contribution in [0, 0.1) is 6.92 Å². The van der Waals surface area contributed by atoms with Crippen molar-refractivity contribution in [3.05, 3.63) is 71.3 Å². The Bertz CT molecular complexity index is 778. The summed E-state index contributed by atoms with van der Waals surface area (Å²) in [5.74, 6) is -0.196. The van der Waals surface area contributed by atoms with Gasteiger partial charge in [0.1, 0.15) is 6.04 Å². The third kappa shape index (κ3) is 6.24. The van der Waals surface area contributed by atoms with E-state index in [0.717, 1.165) is 16.7 Å². The Hall–Kier alpha value is -2.62.